The number of benzene rings is 1. The van der Waals surface area contributed by atoms with Crippen molar-refractivity contribution in [2.45, 2.75) is 25.2 Å². The van der Waals surface area contributed by atoms with Crippen LogP contribution in [0.2, 0.25) is 0 Å². The van der Waals surface area contributed by atoms with E-state index in [0.717, 1.165) is 16.4 Å². The second kappa shape index (κ2) is 7.95. The maximum Gasteiger partial charge on any atom is 0.341 e. The third-order valence-electron chi connectivity index (χ3n) is 5.24. The summed E-state index contributed by atoms with van der Waals surface area (Å²) >= 11 is 1.42. The van der Waals surface area contributed by atoms with Gasteiger partial charge in [-0.2, -0.15) is 0 Å². The molecule has 8 nitrogen and oxygen atoms in total. The predicted octanol–water partition coefficient (Wildman–Crippen LogP) is 2.55. The van der Waals surface area contributed by atoms with Crippen molar-refractivity contribution in [3.8, 4) is 5.00 Å². The maximum atomic E-state index is 12.7. The van der Waals surface area contributed by atoms with Gasteiger partial charge in [0.05, 0.1) is 10.5 Å². The number of fused-ring (bicyclic) bond motifs is 1. The number of esters is 1. The van der Waals surface area contributed by atoms with E-state index in [0.29, 0.717) is 29.8 Å². The average Bonchev–Trinajstić information content (AvgIpc) is 3.43. The Morgan fingerprint density at radius 1 is 1.13 bits per heavy atom. The van der Waals surface area contributed by atoms with Gasteiger partial charge in [-0.05, 0) is 67.6 Å². The molecule has 4 rings (SSSR count). The number of hydrogen-bond acceptors (Lipinski definition) is 6. The Balaban J connectivity index is 1.47. The van der Waals surface area contributed by atoms with Crippen molar-refractivity contribution in [2.24, 2.45) is 5.14 Å². The molecule has 31 heavy (non-hydrogen) atoms. The van der Waals surface area contributed by atoms with Crippen molar-refractivity contribution < 1.29 is 22.7 Å². The number of aromatic nitrogens is 1. The van der Waals surface area contributed by atoms with E-state index in [9.17, 15) is 18.0 Å². The topological polar surface area (TPSA) is 112 Å². The SMILES string of the molecule is Cc1ccc(C)n1-c1sccc1C(=O)OCC(=O)N1CCc2cc(S(N)(=O)=O)ccc21. The summed E-state index contributed by atoms with van der Waals surface area (Å²) in [5, 5.41) is 7.73. The Bertz CT molecular complexity index is 1270. The van der Waals surface area contributed by atoms with Gasteiger partial charge in [0.2, 0.25) is 10.0 Å². The molecule has 0 saturated heterocycles. The summed E-state index contributed by atoms with van der Waals surface area (Å²) in [5.74, 6) is -0.943. The Hall–Kier alpha value is -2.95. The first-order chi connectivity index (χ1) is 14.7. The van der Waals surface area contributed by atoms with Crippen LogP contribution in [0.5, 0.6) is 0 Å². The molecular weight excluding hydrogens is 438 g/mol. The fraction of sp³-hybridized carbons (Fsp3) is 0.238. The minimum atomic E-state index is -3.81. The minimum Gasteiger partial charge on any atom is -0.452 e. The van der Waals surface area contributed by atoms with Gasteiger partial charge in [-0.25, -0.2) is 18.4 Å². The molecule has 0 aliphatic carbocycles. The summed E-state index contributed by atoms with van der Waals surface area (Å²) in [6.45, 7) is 3.88. The zero-order chi connectivity index (χ0) is 22.3. The number of carbonyl (C=O) groups excluding carboxylic acids is 2. The van der Waals surface area contributed by atoms with Crippen molar-refractivity contribution in [3.63, 3.8) is 0 Å². The van der Waals surface area contributed by atoms with Crippen LogP contribution in [-0.2, 0) is 26.0 Å². The lowest BCUT2D eigenvalue weighted by Crippen LogP contribution is -2.33. The van der Waals surface area contributed by atoms with Crippen molar-refractivity contribution in [1.29, 1.82) is 0 Å². The number of amides is 1. The standard InChI is InChI=1S/C21H21N3O5S2/c1-13-3-4-14(2)24(13)20-17(8-10-30-20)21(26)29-12-19(25)23-9-7-15-11-16(31(22,27)28)5-6-18(15)23/h3-6,8,10-11H,7,9,12H2,1-2H3,(H2,22,27,28). The molecule has 0 bridgehead atoms. The van der Waals surface area contributed by atoms with Gasteiger partial charge in [-0.1, -0.05) is 0 Å². The molecule has 162 valence electrons. The number of nitrogens with two attached hydrogens (primary N) is 1. The van der Waals surface area contributed by atoms with E-state index in [2.05, 4.69) is 0 Å². The molecule has 0 saturated carbocycles. The van der Waals surface area contributed by atoms with Crippen LogP contribution >= 0.6 is 11.3 Å². The van der Waals surface area contributed by atoms with Gasteiger partial charge >= 0.3 is 5.97 Å². The van der Waals surface area contributed by atoms with Crippen LogP contribution in [0.25, 0.3) is 5.00 Å². The van der Waals surface area contributed by atoms with Crippen molar-refractivity contribution in [1.82, 2.24) is 4.57 Å². The number of nitrogens with zero attached hydrogens (tertiary/aromatic N) is 2. The highest BCUT2D eigenvalue weighted by Crippen LogP contribution is 2.30. The molecule has 1 aliphatic rings. The number of rotatable bonds is 5. The zero-order valence-electron chi connectivity index (χ0n) is 17.0. The Labute approximate surface area is 183 Å². The number of primary sulfonamides is 1. The van der Waals surface area contributed by atoms with Crippen LogP contribution in [0.4, 0.5) is 5.69 Å². The number of ether oxygens (including phenoxy) is 1. The molecule has 0 atom stereocenters. The van der Waals surface area contributed by atoms with Gasteiger partial charge in [0.1, 0.15) is 5.00 Å². The first-order valence-electron chi connectivity index (χ1n) is 9.53. The molecule has 2 aromatic heterocycles. The third-order valence-corrected chi connectivity index (χ3v) is 7.05. The highest BCUT2D eigenvalue weighted by Gasteiger charge is 2.27. The number of anilines is 1. The summed E-state index contributed by atoms with van der Waals surface area (Å²) in [6, 6.07) is 10.0. The Morgan fingerprint density at radius 3 is 2.52 bits per heavy atom. The molecule has 1 aromatic carbocycles. The largest absolute Gasteiger partial charge is 0.452 e. The smallest absolute Gasteiger partial charge is 0.341 e. The fourth-order valence-corrected chi connectivity index (χ4v) is 5.28. The highest BCUT2D eigenvalue weighted by atomic mass is 32.2. The summed E-state index contributed by atoms with van der Waals surface area (Å²) in [4.78, 5) is 26.9. The average molecular weight is 460 g/mol. The summed E-state index contributed by atoms with van der Waals surface area (Å²) in [6.07, 6.45) is 0.499. The lowest BCUT2D eigenvalue weighted by Gasteiger charge is -2.17. The second-order valence-electron chi connectivity index (χ2n) is 7.30. The van der Waals surface area contributed by atoms with E-state index in [1.165, 1.54) is 28.4 Å². The number of aryl methyl sites for hydroxylation is 2. The normalized spacial score (nSPS) is 13.3. The van der Waals surface area contributed by atoms with E-state index < -0.39 is 22.6 Å². The van der Waals surface area contributed by atoms with Crippen LogP contribution in [-0.4, -0.2) is 38.0 Å². The maximum absolute atomic E-state index is 12.7. The molecular formula is C21H21N3O5S2. The van der Waals surface area contributed by atoms with E-state index in [-0.39, 0.29) is 10.8 Å². The number of sulfonamides is 1. The third kappa shape index (κ3) is 4.01. The molecule has 2 N–H and O–H groups in total. The van der Waals surface area contributed by atoms with E-state index in [1.54, 1.807) is 12.1 Å². The Kier molecular flexibility index (Phi) is 5.46. The predicted molar refractivity (Wildman–Crippen MR) is 117 cm³/mol. The van der Waals surface area contributed by atoms with Crippen molar-refractivity contribution in [3.05, 3.63) is 64.3 Å². The van der Waals surface area contributed by atoms with Gasteiger partial charge in [0.15, 0.2) is 6.61 Å². The Morgan fingerprint density at radius 2 is 1.84 bits per heavy atom. The van der Waals surface area contributed by atoms with E-state index in [4.69, 9.17) is 9.88 Å². The van der Waals surface area contributed by atoms with Gasteiger partial charge < -0.3 is 14.2 Å². The molecule has 1 amide bonds. The number of hydrogen-bond donors (Lipinski definition) is 1. The molecule has 10 heteroatoms. The zero-order valence-corrected chi connectivity index (χ0v) is 18.6. The van der Waals surface area contributed by atoms with Gasteiger partial charge in [-0.15, -0.1) is 11.3 Å². The molecule has 1 aliphatic heterocycles. The summed E-state index contributed by atoms with van der Waals surface area (Å²) in [5.41, 5.74) is 3.71. The quantitative estimate of drug-likeness (QED) is 0.590. The van der Waals surface area contributed by atoms with Crippen molar-refractivity contribution >= 4 is 38.9 Å². The highest BCUT2D eigenvalue weighted by molar-refractivity contribution is 7.89. The monoisotopic (exact) mass is 459 g/mol. The second-order valence-corrected chi connectivity index (χ2v) is 9.75. The van der Waals surface area contributed by atoms with Crippen molar-refractivity contribution in [2.75, 3.05) is 18.1 Å². The fourth-order valence-electron chi connectivity index (χ4n) is 3.72. The molecule has 0 spiro atoms. The van der Waals surface area contributed by atoms with Gasteiger partial charge in [0, 0.05) is 23.6 Å². The van der Waals surface area contributed by atoms with Gasteiger partial charge in [-0.3, -0.25) is 4.79 Å². The van der Waals surface area contributed by atoms with Crippen LogP contribution in [0.3, 0.4) is 0 Å². The van der Waals surface area contributed by atoms with Crippen LogP contribution in [0.1, 0.15) is 27.3 Å². The molecule has 0 fully saturated rings. The first-order valence-corrected chi connectivity index (χ1v) is 12.0. The number of thiophene rings is 1. The molecule has 3 aromatic rings. The summed E-state index contributed by atoms with van der Waals surface area (Å²) in [7, 11) is -3.81. The van der Waals surface area contributed by atoms with E-state index in [1.807, 2.05) is 35.9 Å². The lowest BCUT2D eigenvalue weighted by molar-refractivity contribution is -0.121. The molecule has 3 heterocycles. The lowest BCUT2D eigenvalue weighted by atomic mass is 10.2. The summed E-state index contributed by atoms with van der Waals surface area (Å²) < 4.78 is 30.4. The van der Waals surface area contributed by atoms with E-state index >= 15 is 0 Å². The minimum absolute atomic E-state index is 0.00700. The number of carbonyl (C=O) groups is 2. The first kappa shape index (κ1) is 21.3. The van der Waals surface area contributed by atoms with Crippen LogP contribution in [0.15, 0.2) is 46.7 Å². The molecule has 0 radical (unpaired) electrons. The van der Waals surface area contributed by atoms with Crippen LogP contribution < -0.4 is 10.0 Å². The van der Waals surface area contributed by atoms with Crippen LogP contribution in [0, 0.1) is 13.8 Å². The molecule has 0 unspecified atom stereocenters. The van der Waals surface area contributed by atoms with Gasteiger partial charge in [0.25, 0.3) is 5.91 Å².